The number of phenolic OH excluding ortho intramolecular Hbond substituents is 1. The molecule has 0 heterocycles. The zero-order chi connectivity index (χ0) is 15.5. The van der Waals surface area contributed by atoms with Crippen LogP contribution in [0.1, 0.15) is 0 Å². The second-order valence-electron chi connectivity index (χ2n) is 4.31. The highest BCUT2D eigenvalue weighted by atomic mass is 32.2. The van der Waals surface area contributed by atoms with Gasteiger partial charge < -0.3 is 14.6 Å². The first-order chi connectivity index (χ1) is 9.89. The zero-order valence-electron chi connectivity index (χ0n) is 11.5. The molecule has 0 radical (unpaired) electrons. The second-order valence-corrected chi connectivity index (χ2v) is 6.06. The van der Waals surface area contributed by atoms with Crippen LogP contribution in [-0.4, -0.2) is 26.9 Å². The number of aromatic hydroxyl groups is 1. The van der Waals surface area contributed by atoms with E-state index in [9.17, 15) is 13.5 Å². The first-order valence-corrected chi connectivity index (χ1v) is 7.90. The van der Waals surface area contributed by atoms with Crippen LogP contribution in [0.5, 0.6) is 23.0 Å². The molecule has 0 bridgehead atoms. The van der Waals surface area contributed by atoms with Crippen LogP contribution in [0, 0.1) is 0 Å². The van der Waals surface area contributed by atoms with Crippen molar-refractivity contribution in [3.8, 4) is 23.0 Å². The Morgan fingerprint density at radius 1 is 1.05 bits per heavy atom. The van der Waals surface area contributed by atoms with Gasteiger partial charge in [0.05, 0.1) is 19.1 Å². The average molecular weight is 309 g/mol. The van der Waals surface area contributed by atoms with Gasteiger partial charge in [-0.05, 0) is 24.3 Å². The summed E-state index contributed by atoms with van der Waals surface area (Å²) in [5, 5.41) is 9.49. The molecule has 0 fully saturated rings. The lowest BCUT2D eigenvalue weighted by atomic mass is 10.2. The monoisotopic (exact) mass is 309 g/mol. The third kappa shape index (κ3) is 4.03. The van der Waals surface area contributed by atoms with Crippen LogP contribution >= 0.6 is 0 Å². The van der Waals surface area contributed by atoms with Crippen molar-refractivity contribution in [3.63, 3.8) is 0 Å². The molecule has 0 spiro atoms. The molecule has 7 heteroatoms. The number of benzene rings is 2. The van der Waals surface area contributed by atoms with E-state index in [2.05, 4.69) is 4.72 Å². The number of anilines is 1. The standard InChI is InChI=1S/C14H15NO5S/c1-19-13-5-3-4-6-14(13)20-12-8-7-10(16)9-11(12)15-21(2,17)18/h3-9,15-16H,1-2H3. The van der Waals surface area contributed by atoms with Gasteiger partial charge in [0, 0.05) is 6.07 Å². The quantitative estimate of drug-likeness (QED) is 0.886. The van der Waals surface area contributed by atoms with Gasteiger partial charge in [-0.3, -0.25) is 4.72 Å². The molecule has 0 aliphatic carbocycles. The van der Waals surface area contributed by atoms with E-state index in [-0.39, 0.29) is 17.2 Å². The third-order valence-electron chi connectivity index (χ3n) is 2.55. The third-order valence-corrected chi connectivity index (χ3v) is 3.14. The van der Waals surface area contributed by atoms with E-state index in [1.807, 2.05) is 0 Å². The number of phenols is 1. The Labute approximate surface area is 123 Å². The van der Waals surface area contributed by atoms with E-state index >= 15 is 0 Å². The second kappa shape index (κ2) is 5.92. The first kappa shape index (κ1) is 15.0. The Morgan fingerprint density at radius 2 is 1.71 bits per heavy atom. The number of hydrogen-bond acceptors (Lipinski definition) is 5. The molecule has 21 heavy (non-hydrogen) atoms. The van der Waals surface area contributed by atoms with Crippen molar-refractivity contribution in [3.05, 3.63) is 42.5 Å². The fourth-order valence-electron chi connectivity index (χ4n) is 1.71. The predicted octanol–water partition coefficient (Wildman–Crippen LogP) is 2.56. The largest absolute Gasteiger partial charge is 0.508 e. The number of rotatable bonds is 5. The summed E-state index contributed by atoms with van der Waals surface area (Å²) in [6.07, 6.45) is 1.02. The van der Waals surface area contributed by atoms with Crippen molar-refractivity contribution in [2.24, 2.45) is 0 Å². The minimum Gasteiger partial charge on any atom is -0.508 e. The molecular weight excluding hydrogens is 294 g/mol. The number of para-hydroxylation sites is 2. The van der Waals surface area contributed by atoms with Crippen LogP contribution in [0.15, 0.2) is 42.5 Å². The van der Waals surface area contributed by atoms with Crippen LogP contribution < -0.4 is 14.2 Å². The molecule has 0 unspecified atom stereocenters. The maximum Gasteiger partial charge on any atom is 0.229 e. The van der Waals surface area contributed by atoms with E-state index in [0.29, 0.717) is 11.5 Å². The van der Waals surface area contributed by atoms with Gasteiger partial charge >= 0.3 is 0 Å². The minimum absolute atomic E-state index is 0.0754. The summed E-state index contributed by atoms with van der Waals surface area (Å²) in [4.78, 5) is 0. The van der Waals surface area contributed by atoms with E-state index in [0.717, 1.165) is 6.26 Å². The Balaban J connectivity index is 2.40. The zero-order valence-corrected chi connectivity index (χ0v) is 12.3. The SMILES string of the molecule is COc1ccccc1Oc1ccc(O)cc1NS(C)(=O)=O. The fraction of sp³-hybridized carbons (Fsp3) is 0.143. The molecule has 6 nitrogen and oxygen atoms in total. The van der Waals surface area contributed by atoms with Gasteiger partial charge in [-0.2, -0.15) is 0 Å². The predicted molar refractivity (Wildman–Crippen MR) is 79.6 cm³/mol. The molecular formula is C14H15NO5S. The topological polar surface area (TPSA) is 84.9 Å². The molecule has 2 rings (SSSR count). The number of nitrogens with one attached hydrogen (secondary N) is 1. The van der Waals surface area contributed by atoms with E-state index in [1.165, 1.54) is 25.3 Å². The molecule has 112 valence electrons. The van der Waals surface area contributed by atoms with Crippen LogP contribution in [0.3, 0.4) is 0 Å². The molecule has 0 saturated heterocycles. The molecule has 0 aromatic heterocycles. The molecule has 0 aliphatic heterocycles. The van der Waals surface area contributed by atoms with Crippen molar-refractivity contribution in [2.45, 2.75) is 0 Å². The number of sulfonamides is 1. The smallest absolute Gasteiger partial charge is 0.229 e. The summed E-state index contributed by atoms with van der Waals surface area (Å²) in [5.41, 5.74) is 0.142. The lowest BCUT2D eigenvalue weighted by Gasteiger charge is -2.14. The van der Waals surface area contributed by atoms with Gasteiger partial charge in [0.2, 0.25) is 10.0 Å². The summed E-state index contributed by atoms with van der Waals surface area (Å²) in [6.45, 7) is 0. The Morgan fingerprint density at radius 3 is 2.33 bits per heavy atom. The maximum atomic E-state index is 11.4. The molecule has 2 aromatic carbocycles. The number of methoxy groups -OCH3 is 1. The van der Waals surface area contributed by atoms with Crippen molar-refractivity contribution in [1.82, 2.24) is 0 Å². The highest BCUT2D eigenvalue weighted by molar-refractivity contribution is 7.92. The fourth-order valence-corrected chi connectivity index (χ4v) is 2.27. The summed E-state index contributed by atoms with van der Waals surface area (Å²) in [5.74, 6) is 1.12. The van der Waals surface area contributed by atoms with Crippen LogP contribution in [0.2, 0.25) is 0 Å². The molecule has 0 amide bonds. The van der Waals surface area contributed by atoms with Crippen LogP contribution in [-0.2, 0) is 10.0 Å². The Hall–Kier alpha value is -2.41. The maximum absolute atomic E-state index is 11.4. The average Bonchev–Trinajstić information content (AvgIpc) is 2.40. The molecule has 0 aliphatic rings. The van der Waals surface area contributed by atoms with Crippen LogP contribution in [0.4, 0.5) is 5.69 Å². The normalized spacial score (nSPS) is 11.0. The first-order valence-electron chi connectivity index (χ1n) is 6.01. The van der Waals surface area contributed by atoms with Gasteiger partial charge in [0.25, 0.3) is 0 Å². The van der Waals surface area contributed by atoms with Crippen LogP contribution in [0.25, 0.3) is 0 Å². The van der Waals surface area contributed by atoms with Gasteiger partial charge in [-0.15, -0.1) is 0 Å². The molecule has 2 N–H and O–H groups in total. The van der Waals surface area contributed by atoms with Crippen molar-refractivity contribution < 1.29 is 23.0 Å². The van der Waals surface area contributed by atoms with Gasteiger partial charge in [0.15, 0.2) is 17.2 Å². The summed E-state index contributed by atoms with van der Waals surface area (Å²) in [7, 11) is -1.99. The molecule has 0 saturated carbocycles. The highest BCUT2D eigenvalue weighted by Crippen LogP contribution is 2.36. The van der Waals surface area contributed by atoms with Gasteiger partial charge in [-0.25, -0.2) is 8.42 Å². The van der Waals surface area contributed by atoms with Crippen molar-refractivity contribution in [1.29, 1.82) is 0 Å². The molecule has 0 atom stereocenters. The van der Waals surface area contributed by atoms with E-state index < -0.39 is 10.0 Å². The number of ether oxygens (including phenoxy) is 2. The Kier molecular flexibility index (Phi) is 4.23. The van der Waals surface area contributed by atoms with Gasteiger partial charge in [-0.1, -0.05) is 12.1 Å². The van der Waals surface area contributed by atoms with Crippen molar-refractivity contribution in [2.75, 3.05) is 18.1 Å². The summed E-state index contributed by atoms with van der Waals surface area (Å²) < 4.78 is 35.9. The number of hydrogen-bond donors (Lipinski definition) is 2. The lowest BCUT2D eigenvalue weighted by Crippen LogP contribution is -2.10. The summed E-state index contributed by atoms with van der Waals surface area (Å²) >= 11 is 0. The Bertz CT molecular complexity index is 743. The highest BCUT2D eigenvalue weighted by Gasteiger charge is 2.12. The summed E-state index contributed by atoms with van der Waals surface area (Å²) in [6, 6.07) is 11.1. The van der Waals surface area contributed by atoms with E-state index in [1.54, 1.807) is 24.3 Å². The van der Waals surface area contributed by atoms with Gasteiger partial charge in [0.1, 0.15) is 5.75 Å². The molecule has 2 aromatic rings. The minimum atomic E-state index is -3.50. The van der Waals surface area contributed by atoms with E-state index in [4.69, 9.17) is 9.47 Å². The lowest BCUT2D eigenvalue weighted by molar-refractivity contribution is 0.379. The van der Waals surface area contributed by atoms with Crippen molar-refractivity contribution >= 4 is 15.7 Å².